The molecule has 3 heterocycles. The second-order valence-electron chi connectivity index (χ2n) is 8.77. The molecule has 8 heteroatoms. The molecule has 2 aromatic carbocycles. The molecule has 8 nitrogen and oxygen atoms in total. The fourth-order valence-corrected chi connectivity index (χ4v) is 4.70. The Morgan fingerprint density at radius 3 is 2.51 bits per heavy atom. The van der Waals surface area contributed by atoms with Crippen LogP contribution in [-0.2, 0) is 4.74 Å². The molecule has 0 unspecified atom stereocenters. The highest BCUT2D eigenvalue weighted by Crippen LogP contribution is 2.35. The molecule has 1 aliphatic heterocycles. The second kappa shape index (κ2) is 9.92. The maximum Gasteiger partial charge on any atom is 0.170 e. The molecule has 35 heavy (non-hydrogen) atoms. The number of fused-ring (bicyclic) bond motifs is 1. The number of imidazole rings is 1. The molecule has 0 amide bonds. The molecule has 1 saturated heterocycles. The molecule has 0 atom stereocenters. The smallest absolute Gasteiger partial charge is 0.170 e. The van der Waals surface area contributed by atoms with Crippen LogP contribution in [0.15, 0.2) is 49.1 Å². The first-order chi connectivity index (χ1) is 17.1. The van der Waals surface area contributed by atoms with E-state index in [4.69, 9.17) is 14.2 Å². The molecule has 1 fully saturated rings. The standard InChI is InChI=1S/C27H30N4O4/c1-4-5-24(32)27-25(33-2)13-21(14-26(27)34-3)30-17-28-22-12-18(6-7-23(22)30)19-15-29-31(16-19)20-8-10-35-11-9-20/h6-7,12-17,20H,4-5,8-11H2,1-3H3. The minimum Gasteiger partial charge on any atom is -0.496 e. The highest BCUT2D eigenvalue weighted by molar-refractivity contribution is 6.01. The molecule has 0 spiro atoms. The van der Waals surface area contributed by atoms with Crippen molar-refractivity contribution in [3.05, 3.63) is 54.6 Å². The van der Waals surface area contributed by atoms with Crippen molar-refractivity contribution in [2.24, 2.45) is 0 Å². The van der Waals surface area contributed by atoms with Crippen molar-refractivity contribution in [3.8, 4) is 28.3 Å². The third-order valence-electron chi connectivity index (χ3n) is 6.57. The first-order valence-corrected chi connectivity index (χ1v) is 12.0. The van der Waals surface area contributed by atoms with Crippen molar-refractivity contribution < 1.29 is 19.0 Å². The van der Waals surface area contributed by atoms with Gasteiger partial charge in [-0.1, -0.05) is 13.0 Å². The van der Waals surface area contributed by atoms with Gasteiger partial charge in [0.2, 0.25) is 0 Å². The van der Waals surface area contributed by atoms with E-state index < -0.39 is 0 Å². The number of carbonyl (C=O) groups is 1. The van der Waals surface area contributed by atoms with E-state index in [0.717, 1.165) is 60.3 Å². The number of aromatic nitrogens is 4. The van der Waals surface area contributed by atoms with Crippen molar-refractivity contribution in [2.45, 2.75) is 38.6 Å². The van der Waals surface area contributed by atoms with E-state index in [0.29, 0.717) is 29.5 Å². The predicted octanol–water partition coefficient (Wildman–Crippen LogP) is 5.24. The Balaban J connectivity index is 1.49. The van der Waals surface area contributed by atoms with Gasteiger partial charge in [-0.3, -0.25) is 14.0 Å². The lowest BCUT2D eigenvalue weighted by Crippen LogP contribution is -2.19. The fraction of sp³-hybridized carbons (Fsp3) is 0.370. The molecule has 5 rings (SSSR count). The molecule has 0 aliphatic carbocycles. The molecular formula is C27H30N4O4. The summed E-state index contributed by atoms with van der Waals surface area (Å²) in [5.41, 5.74) is 5.24. The highest BCUT2D eigenvalue weighted by atomic mass is 16.5. The molecule has 4 aromatic rings. The largest absolute Gasteiger partial charge is 0.496 e. The topological polar surface area (TPSA) is 80.4 Å². The van der Waals surface area contributed by atoms with E-state index in [9.17, 15) is 4.79 Å². The Hall–Kier alpha value is -3.65. The maximum absolute atomic E-state index is 12.7. The minimum absolute atomic E-state index is 0.00850. The van der Waals surface area contributed by atoms with Crippen LogP contribution in [0.1, 0.15) is 49.0 Å². The number of benzene rings is 2. The van der Waals surface area contributed by atoms with Gasteiger partial charge in [-0.2, -0.15) is 5.10 Å². The first-order valence-electron chi connectivity index (χ1n) is 12.0. The van der Waals surface area contributed by atoms with Gasteiger partial charge < -0.3 is 14.2 Å². The maximum atomic E-state index is 12.7. The van der Waals surface area contributed by atoms with E-state index >= 15 is 0 Å². The van der Waals surface area contributed by atoms with Crippen molar-refractivity contribution in [1.29, 1.82) is 0 Å². The highest BCUT2D eigenvalue weighted by Gasteiger charge is 2.21. The lowest BCUT2D eigenvalue weighted by molar-refractivity contribution is 0.0662. The van der Waals surface area contributed by atoms with Crippen LogP contribution in [0.3, 0.4) is 0 Å². The van der Waals surface area contributed by atoms with Gasteiger partial charge in [0.25, 0.3) is 0 Å². The van der Waals surface area contributed by atoms with Gasteiger partial charge in [0, 0.05) is 43.5 Å². The van der Waals surface area contributed by atoms with Gasteiger partial charge in [0.1, 0.15) is 23.4 Å². The number of ether oxygens (including phenoxy) is 3. The summed E-state index contributed by atoms with van der Waals surface area (Å²) >= 11 is 0. The van der Waals surface area contributed by atoms with Crippen LogP contribution in [0, 0.1) is 0 Å². The van der Waals surface area contributed by atoms with Crippen LogP contribution in [0.4, 0.5) is 0 Å². The molecule has 0 radical (unpaired) electrons. The number of hydrogen-bond donors (Lipinski definition) is 0. The van der Waals surface area contributed by atoms with Crippen LogP contribution < -0.4 is 9.47 Å². The predicted molar refractivity (Wildman–Crippen MR) is 134 cm³/mol. The third kappa shape index (κ3) is 4.41. The van der Waals surface area contributed by atoms with Crippen molar-refractivity contribution in [1.82, 2.24) is 19.3 Å². The van der Waals surface area contributed by atoms with Crippen molar-refractivity contribution >= 4 is 16.8 Å². The third-order valence-corrected chi connectivity index (χ3v) is 6.57. The van der Waals surface area contributed by atoms with Gasteiger partial charge in [-0.25, -0.2) is 4.98 Å². The van der Waals surface area contributed by atoms with Gasteiger partial charge in [-0.05, 0) is 37.0 Å². The molecule has 182 valence electrons. The fourth-order valence-electron chi connectivity index (χ4n) is 4.70. The summed E-state index contributed by atoms with van der Waals surface area (Å²) in [6, 6.07) is 10.3. The SMILES string of the molecule is CCCC(=O)c1c(OC)cc(-n2cnc3cc(-c4cnn(C5CCOCC5)c4)ccc32)cc1OC. The zero-order valence-corrected chi connectivity index (χ0v) is 20.4. The molecule has 1 aliphatic rings. The quantitative estimate of drug-likeness (QED) is 0.325. The summed E-state index contributed by atoms with van der Waals surface area (Å²) in [7, 11) is 3.14. The first kappa shape index (κ1) is 23.1. The monoisotopic (exact) mass is 474 g/mol. The number of Topliss-reactive ketones (excluding diaryl/α,β-unsaturated/α-hetero) is 1. The lowest BCUT2D eigenvalue weighted by Gasteiger charge is -2.22. The molecule has 0 N–H and O–H groups in total. The Morgan fingerprint density at radius 1 is 1.09 bits per heavy atom. The minimum atomic E-state index is 0.00850. The van der Waals surface area contributed by atoms with Crippen LogP contribution >= 0.6 is 0 Å². The number of rotatable bonds is 8. The van der Waals surface area contributed by atoms with Gasteiger partial charge >= 0.3 is 0 Å². The Kier molecular flexibility index (Phi) is 6.55. The van der Waals surface area contributed by atoms with Gasteiger partial charge in [0.15, 0.2) is 5.78 Å². The number of carbonyl (C=O) groups excluding carboxylic acids is 1. The van der Waals surface area contributed by atoms with Crippen LogP contribution in [0.25, 0.3) is 27.8 Å². The summed E-state index contributed by atoms with van der Waals surface area (Å²) in [4.78, 5) is 17.3. The van der Waals surface area contributed by atoms with Crippen molar-refractivity contribution in [3.63, 3.8) is 0 Å². The Bertz CT molecular complexity index is 1330. The van der Waals surface area contributed by atoms with E-state index in [1.54, 1.807) is 20.5 Å². The summed E-state index contributed by atoms with van der Waals surface area (Å²) in [6.45, 7) is 3.55. The normalized spacial score (nSPS) is 14.4. The summed E-state index contributed by atoms with van der Waals surface area (Å²) in [5.74, 6) is 1.00. The number of methoxy groups -OCH3 is 2. The van der Waals surface area contributed by atoms with Crippen LogP contribution in [-0.4, -0.2) is 52.5 Å². The van der Waals surface area contributed by atoms with Gasteiger partial charge in [-0.15, -0.1) is 0 Å². The van der Waals surface area contributed by atoms with Crippen LogP contribution in [0.5, 0.6) is 11.5 Å². The summed E-state index contributed by atoms with van der Waals surface area (Å²) < 4.78 is 20.7. The summed E-state index contributed by atoms with van der Waals surface area (Å²) in [6.07, 6.45) is 8.97. The number of hydrogen-bond acceptors (Lipinski definition) is 6. The molecule has 2 aromatic heterocycles. The second-order valence-corrected chi connectivity index (χ2v) is 8.77. The zero-order valence-electron chi connectivity index (χ0n) is 20.4. The van der Waals surface area contributed by atoms with Crippen molar-refractivity contribution in [2.75, 3.05) is 27.4 Å². The molecule has 0 saturated carbocycles. The van der Waals surface area contributed by atoms with E-state index in [1.165, 1.54) is 0 Å². The zero-order chi connectivity index (χ0) is 24.4. The molecule has 0 bridgehead atoms. The van der Waals surface area contributed by atoms with E-state index in [1.807, 2.05) is 29.8 Å². The van der Waals surface area contributed by atoms with E-state index in [-0.39, 0.29) is 5.78 Å². The Morgan fingerprint density at radius 2 is 1.83 bits per heavy atom. The average Bonchev–Trinajstić information content (AvgIpc) is 3.56. The molecular weight excluding hydrogens is 444 g/mol. The number of nitrogens with zero attached hydrogens (tertiary/aromatic N) is 4. The number of ketones is 1. The van der Waals surface area contributed by atoms with Crippen LogP contribution in [0.2, 0.25) is 0 Å². The average molecular weight is 475 g/mol. The van der Waals surface area contributed by atoms with Gasteiger partial charge in [0.05, 0.1) is 43.2 Å². The van der Waals surface area contributed by atoms with E-state index in [2.05, 4.69) is 39.2 Å². The summed E-state index contributed by atoms with van der Waals surface area (Å²) in [5, 5.41) is 4.60. The lowest BCUT2D eigenvalue weighted by atomic mass is 10.0. The Labute approximate surface area is 204 Å².